The van der Waals surface area contributed by atoms with E-state index in [2.05, 4.69) is 17.1 Å². The van der Waals surface area contributed by atoms with Gasteiger partial charge in [0.25, 0.3) is 0 Å². The van der Waals surface area contributed by atoms with E-state index in [0.717, 1.165) is 30.8 Å². The summed E-state index contributed by atoms with van der Waals surface area (Å²) in [6.07, 6.45) is 3.65. The van der Waals surface area contributed by atoms with Crippen molar-refractivity contribution in [2.75, 3.05) is 26.0 Å². The largest absolute Gasteiger partial charge is 0.465 e. The first-order valence-corrected chi connectivity index (χ1v) is 10.4. The molecule has 0 bridgehead atoms. The fraction of sp³-hybridized carbons (Fsp3) is 0.600. The summed E-state index contributed by atoms with van der Waals surface area (Å²) >= 11 is 2.00. The van der Waals surface area contributed by atoms with Crippen molar-refractivity contribution in [1.29, 1.82) is 0 Å². The molecule has 2 unspecified atom stereocenters. The third-order valence-corrected chi connectivity index (χ3v) is 6.02. The number of hydrogen-bond acceptors (Lipinski definition) is 5. The Morgan fingerprint density at radius 2 is 2.04 bits per heavy atom. The van der Waals surface area contributed by atoms with Gasteiger partial charge in [0.15, 0.2) is 0 Å². The second-order valence-electron chi connectivity index (χ2n) is 6.65. The van der Waals surface area contributed by atoms with Crippen LogP contribution in [0.2, 0.25) is 0 Å². The lowest BCUT2D eigenvalue weighted by Gasteiger charge is -2.29. The number of nitrogens with one attached hydrogen (secondary N) is 1. The molecular weight excluding hydrogens is 348 g/mol. The summed E-state index contributed by atoms with van der Waals surface area (Å²) in [6, 6.07) is 7.01. The van der Waals surface area contributed by atoms with E-state index in [0.29, 0.717) is 17.4 Å². The molecule has 1 aromatic carbocycles. The standard InChI is InChI=1S/C20H30N2O3S/c1-4-26-18-7-5-6-12-22(14-18)15(2)19(23)21-13-16-8-10-17(11-9-16)20(24)25-3/h8-11,15,18H,4-7,12-14H2,1-3H3,(H,21,23). The van der Waals surface area contributed by atoms with Gasteiger partial charge in [0, 0.05) is 18.3 Å². The number of carbonyl (C=O) groups is 2. The molecule has 0 saturated carbocycles. The Balaban J connectivity index is 1.87. The average Bonchev–Trinajstić information content (AvgIpc) is 2.91. The predicted molar refractivity (Wildman–Crippen MR) is 106 cm³/mol. The summed E-state index contributed by atoms with van der Waals surface area (Å²) in [5.41, 5.74) is 1.48. The van der Waals surface area contributed by atoms with Gasteiger partial charge in [-0.25, -0.2) is 4.79 Å². The normalized spacial score (nSPS) is 19.4. The number of methoxy groups -OCH3 is 1. The van der Waals surface area contributed by atoms with Gasteiger partial charge >= 0.3 is 5.97 Å². The zero-order chi connectivity index (χ0) is 18.9. The van der Waals surface area contributed by atoms with Crippen LogP contribution in [0.4, 0.5) is 0 Å². The molecule has 2 rings (SSSR count). The van der Waals surface area contributed by atoms with Crippen molar-refractivity contribution < 1.29 is 14.3 Å². The van der Waals surface area contributed by atoms with E-state index in [9.17, 15) is 9.59 Å². The summed E-state index contributed by atoms with van der Waals surface area (Å²) in [7, 11) is 1.37. The van der Waals surface area contributed by atoms with Crippen molar-refractivity contribution >= 4 is 23.6 Å². The lowest BCUT2D eigenvalue weighted by atomic mass is 10.1. The number of carbonyl (C=O) groups excluding carboxylic acids is 2. The molecule has 1 aliphatic heterocycles. The Labute approximate surface area is 160 Å². The molecule has 6 heteroatoms. The van der Waals surface area contributed by atoms with Crippen LogP contribution in [0.5, 0.6) is 0 Å². The minimum Gasteiger partial charge on any atom is -0.465 e. The number of benzene rings is 1. The maximum atomic E-state index is 12.6. The number of amides is 1. The number of rotatable bonds is 7. The second kappa shape index (κ2) is 10.6. The zero-order valence-corrected chi connectivity index (χ0v) is 16.8. The number of nitrogens with zero attached hydrogens (tertiary/aromatic N) is 1. The number of hydrogen-bond donors (Lipinski definition) is 1. The van der Waals surface area contributed by atoms with E-state index in [-0.39, 0.29) is 17.9 Å². The van der Waals surface area contributed by atoms with Gasteiger partial charge in [0.1, 0.15) is 0 Å². The third-order valence-electron chi connectivity index (χ3n) is 4.83. The SMILES string of the molecule is CCSC1CCCCN(C(C)C(=O)NCc2ccc(C(=O)OC)cc2)C1. The van der Waals surface area contributed by atoms with Crippen molar-refractivity contribution in [2.45, 2.75) is 50.9 Å². The maximum Gasteiger partial charge on any atom is 0.337 e. The highest BCUT2D eigenvalue weighted by atomic mass is 32.2. The monoisotopic (exact) mass is 378 g/mol. The zero-order valence-electron chi connectivity index (χ0n) is 16.0. The second-order valence-corrected chi connectivity index (χ2v) is 8.23. The molecule has 1 heterocycles. The van der Waals surface area contributed by atoms with E-state index in [4.69, 9.17) is 4.74 Å². The van der Waals surface area contributed by atoms with Crippen molar-refractivity contribution in [3.63, 3.8) is 0 Å². The third kappa shape index (κ3) is 6.02. The molecule has 1 amide bonds. The van der Waals surface area contributed by atoms with Gasteiger partial charge in [-0.2, -0.15) is 11.8 Å². The molecule has 144 valence electrons. The minimum atomic E-state index is -0.352. The molecule has 0 aromatic heterocycles. The molecule has 5 nitrogen and oxygen atoms in total. The van der Waals surface area contributed by atoms with E-state index >= 15 is 0 Å². The number of esters is 1. The van der Waals surface area contributed by atoms with Crippen molar-refractivity contribution in [1.82, 2.24) is 10.2 Å². The Morgan fingerprint density at radius 1 is 1.31 bits per heavy atom. The smallest absolute Gasteiger partial charge is 0.337 e. The van der Waals surface area contributed by atoms with Crippen LogP contribution in [0.1, 0.15) is 49.0 Å². The van der Waals surface area contributed by atoms with E-state index in [1.165, 1.54) is 20.0 Å². The predicted octanol–water partition coefficient (Wildman–Crippen LogP) is 3.09. The number of likely N-dealkylation sites (tertiary alicyclic amines) is 1. The van der Waals surface area contributed by atoms with Crippen molar-refractivity contribution in [2.24, 2.45) is 0 Å². The van der Waals surface area contributed by atoms with Crippen molar-refractivity contribution in [3.8, 4) is 0 Å². The molecule has 0 aliphatic carbocycles. The number of thioether (sulfide) groups is 1. The molecule has 1 fully saturated rings. The summed E-state index contributed by atoms with van der Waals surface area (Å²) in [6.45, 7) is 6.63. The lowest BCUT2D eigenvalue weighted by Crippen LogP contribution is -2.46. The van der Waals surface area contributed by atoms with Crippen molar-refractivity contribution in [3.05, 3.63) is 35.4 Å². The fourth-order valence-corrected chi connectivity index (χ4v) is 4.34. The van der Waals surface area contributed by atoms with E-state index in [1.54, 1.807) is 12.1 Å². The highest BCUT2D eigenvalue weighted by molar-refractivity contribution is 7.99. The van der Waals surface area contributed by atoms with Crippen LogP contribution in [0.15, 0.2) is 24.3 Å². The van der Waals surface area contributed by atoms with Crippen LogP contribution >= 0.6 is 11.8 Å². The van der Waals surface area contributed by atoms with Gasteiger partial charge in [0.2, 0.25) is 5.91 Å². The molecule has 26 heavy (non-hydrogen) atoms. The first-order valence-electron chi connectivity index (χ1n) is 9.35. The quantitative estimate of drug-likeness (QED) is 0.739. The summed E-state index contributed by atoms with van der Waals surface area (Å²) in [5.74, 6) is 0.833. The summed E-state index contributed by atoms with van der Waals surface area (Å²) in [4.78, 5) is 26.4. The highest BCUT2D eigenvalue weighted by Crippen LogP contribution is 2.23. The molecule has 1 aliphatic rings. The fourth-order valence-electron chi connectivity index (χ4n) is 3.23. The summed E-state index contributed by atoms with van der Waals surface area (Å²) < 4.78 is 4.69. The van der Waals surface area contributed by atoms with Gasteiger partial charge in [-0.3, -0.25) is 9.69 Å². The molecule has 0 radical (unpaired) electrons. The van der Waals surface area contributed by atoms with E-state index in [1.807, 2.05) is 30.8 Å². The average molecular weight is 379 g/mol. The lowest BCUT2D eigenvalue weighted by molar-refractivity contribution is -0.126. The van der Waals surface area contributed by atoms with Gasteiger partial charge < -0.3 is 10.1 Å². The Bertz CT molecular complexity index is 591. The molecule has 0 spiro atoms. The first-order chi connectivity index (χ1) is 12.5. The van der Waals surface area contributed by atoms with Gasteiger partial charge in [0.05, 0.1) is 18.7 Å². The molecule has 2 atom stereocenters. The van der Waals surface area contributed by atoms with E-state index < -0.39 is 0 Å². The molecule has 1 N–H and O–H groups in total. The topological polar surface area (TPSA) is 58.6 Å². The first kappa shape index (κ1) is 20.8. The van der Waals surface area contributed by atoms with Crippen LogP contribution in [0.3, 0.4) is 0 Å². The van der Waals surface area contributed by atoms with Gasteiger partial charge in [-0.15, -0.1) is 0 Å². The summed E-state index contributed by atoms with van der Waals surface area (Å²) in [5, 5.41) is 3.65. The maximum absolute atomic E-state index is 12.6. The van der Waals surface area contributed by atoms with Gasteiger partial charge in [-0.05, 0) is 49.8 Å². The van der Waals surface area contributed by atoms with Crippen LogP contribution in [-0.2, 0) is 16.1 Å². The highest BCUT2D eigenvalue weighted by Gasteiger charge is 2.25. The van der Waals surface area contributed by atoms with Crippen LogP contribution in [0, 0.1) is 0 Å². The molecule has 1 saturated heterocycles. The Kier molecular flexibility index (Phi) is 8.45. The Hall–Kier alpha value is -1.53. The van der Waals surface area contributed by atoms with Crippen LogP contribution in [-0.4, -0.2) is 54.0 Å². The minimum absolute atomic E-state index is 0.0594. The number of ether oxygens (including phenoxy) is 1. The van der Waals surface area contributed by atoms with Crippen LogP contribution in [0.25, 0.3) is 0 Å². The molecule has 1 aromatic rings. The van der Waals surface area contributed by atoms with Crippen LogP contribution < -0.4 is 5.32 Å². The Morgan fingerprint density at radius 3 is 2.69 bits per heavy atom. The molecular formula is C20H30N2O3S. The van der Waals surface area contributed by atoms with Gasteiger partial charge in [-0.1, -0.05) is 25.5 Å².